The maximum atomic E-state index is 3.00. The van der Waals surface area contributed by atoms with Crippen molar-refractivity contribution in [2.75, 3.05) is 0 Å². The zero-order valence-electron chi connectivity index (χ0n) is 8.44. The molecular weight excluding hydrogens is 263 g/mol. The van der Waals surface area contributed by atoms with Gasteiger partial charge in [0, 0.05) is 0 Å². The van der Waals surface area contributed by atoms with Gasteiger partial charge in [-0.1, -0.05) is 0 Å². The monoisotopic (exact) mass is 276 g/mol. The summed E-state index contributed by atoms with van der Waals surface area (Å²) in [6, 6.07) is 20.0. The van der Waals surface area contributed by atoms with E-state index in [1.807, 2.05) is 60.7 Å². The first-order chi connectivity index (χ1) is 6.00. The van der Waals surface area contributed by atoms with E-state index in [1.165, 1.54) is 0 Å². The van der Waals surface area contributed by atoms with Crippen molar-refractivity contribution in [2.24, 2.45) is 0 Å². The molecule has 0 atom stereocenters. The van der Waals surface area contributed by atoms with Gasteiger partial charge in [-0.3, -0.25) is 0 Å². The van der Waals surface area contributed by atoms with E-state index >= 15 is 0 Å². The van der Waals surface area contributed by atoms with Crippen molar-refractivity contribution in [1.29, 1.82) is 0 Å². The number of halogens is 2. The zero-order valence-corrected chi connectivity index (χ0v) is 11.5. The Morgan fingerprint density at radius 3 is 0.867 bits per heavy atom. The molecule has 0 spiro atoms. The van der Waals surface area contributed by atoms with E-state index in [9.17, 15) is 0 Å². The summed E-state index contributed by atoms with van der Waals surface area (Å²) in [5, 5.41) is 0. The van der Waals surface area contributed by atoms with Crippen LogP contribution < -0.4 is 24.8 Å². The summed E-state index contributed by atoms with van der Waals surface area (Å²) < 4.78 is 0. The molecule has 0 aliphatic heterocycles. The van der Waals surface area contributed by atoms with E-state index in [4.69, 9.17) is 0 Å². The molecule has 0 aliphatic rings. The van der Waals surface area contributed by atoms with Crippen LogP contribution in [0, 0.1) is 0 Å². The second-order valence-electron chi connectivity index (χ2n) is 1.92. The van der Waals surface area contributed by atoms with Crippen molar-refractivity contribution in [3.05, 3.63) is 73.8 Å². The van der Waals surface area contributed by atoms with Crippen molar-refractivity contribution >= 4 is 0 Å². The second-order valence-corrected chi connectivity index (χ2v) is 1.92. The van der Waals surface area contributed by atoms with Gasteiger partial charge in [0.2, 0.25) is 0 Å². The fourth-order valence-electron chi connectivity index (χ4n) is 0.642. The van der Waals surface area contributed by atoms with E-state index < -0.39 is 0 Å². The van der Waals surface area contributed by atoms with Crippen LogP contribution >= 0.6 is 0 Å². The summed E-state index contributed by atoms with van der Waals surface area (Å²) in [4.78, 5) is 0. The van der Waals surface area contributed by atoms with E-state index in [0.29, 0.717) is 0 Å². The predicted octanol–water partition coefficient (Wildman–Crippen LogP) is -2.38. The summed E-state index contributed by atoms with van der Waals surface area (Å²) >= 11 is 0. The molecule has 0 nitrogen and oxygen atoms in total. The van der Waals surface area contributed by atoms with Crippen molar-refractivity contribution in [3.63, 3.8) is 0 Å². The van der Waals surface area contributed by atoms with E-state index in [0.717, 1.165) is 0 Å². The fourth-order valence-corrected chi connectivity index (χ4v) is 0.642. The van der Waals surface area contributed by atoms with Gasteiger partial charge in [-0.05, 0) is 0 Å². The third-order valence-corrected chi connectivity index (χ3v) is 1.11. The van der Waals surface area contributed by atoms with E-state index in [1.54, 1.807) is 0 Å². The molecule has 0 N–H and O–H groups in total. The summed E-state index contributed by atoms with van der Waals surface area (Å²) in [5.41, 5.74) is 0. The summed E-state index contributed by atoms with van der Waals surface area (Å²) in [5.74, 6) is 0. The molecule has 80 valence electrons. The molecule has 0 amide bonds. The minimum atomic E-state index is 0. The number of hydrogen-bond donors (Lipinski definition) is 0. The van der Waals surface area contributed by atoms with Gasteiger partial charge < -0.3 is 24.8 Å². The Balaban J connectivity index is -0.0000000592. The number of rotatable bonds is 0. The first-order valence-corrected chi connectivity index (χ1v) is 3.83. The molecular formula is C12H14Cl2Ti. The van der Waals surface area contributed by atoms with Crippen molar-refractivity contribution in [2.45, 2.75) is 0 Å². The smallest absolute Gasteiger partial charge is 1.00 e. The molecule has 0 aliphatic carbocycles. The SMILES string of the molecule is C=C.[Cl-].[Cl-].[Ti+4].c1cc[cH-]c1.c1cc[cH-]c1. The molecule has 2 aromatic rings. The average Bonchev–Trinajstić information content (AvgIpc) is 2.87. The van der Waals surface area contributed by atoms with Crippen LogP contribution in [0.2, 0.25) is 0 Å². The molecule has 2 rings (SSSR count). The molecule has 0 heterocycles. The Morgan fingerprint density at radius 1 is 0.600 bits per heavy atom. The van der Waals surface area contributed by atoms with Gasteiger partial charge in [0.05, 0.1) is 0 Å². The van der Waals surface area contributed by atoms with Crippen LogP contribution in [-0.2, 0) is 21.7 Å². The maximum absolute atomic E-state index is 3.00. The van der Waals surface area contributed by atoms with E-state index in [-0.39, 0.29) is 46.5 Å². The largest absolute Gasteiger partial charge is 4.00 e. The summed E-state index contributed by atoms with van der Waals surface area (Å²) in [6.45, 7) is 6.00. The third-order valence-electron chi connectivity index (χ3n) is 1.11. The zero-order chi connectivity index (χ0) is 9.07. The Kier molecular flexibility index (Phi) is 37.8. The third kappa shape index (κ3) is 20.0. The van der Waals surface area contributed by atoms with Crippen molar-refractivity contribution in [3.8, 4) is 0 Å². The van der Waals surface area contributed by atoms with Gasteiger partial charge in [0.1, 0.15) is 0 Å². The fraction of sp³-hybridized carbons (Fsp3) is 0. The van der Waals surface area contributed by atoms with Crippen LogP contribution in [0.1, 0.15) is 0 Å². The Bertz CT molecular complexity index is 165. The van der Waals surface area contributed by atoms with Crippen LogP contribution in [0.3, 0.4) is 0 Å². The van der Waals surface area contributed by atoms with Crippen molar-refractivity contribution < 1.29 is 46.5 Å². The summed E-state index contributed by atoms with van der Waals surface area (Å²) in [7, 11) is 0. The first-order valence-electron chi connectivity index (χ1n) is 3.83. The normalized spacial score (nSPS) is 5.60. The molecule has 0 radical (unpaired) electrons. The Morgan fingerprint density at radius 2 is 0.800 bits per heavy atom. The topological polar surface area (TPSA) is 0 Å². The molecule has 0 bridgehead atoms. The minimum Gasteiger partial charge on any atom is -1.00 e. The van der Waals surface area contributed by atoms with Crippen molar-refractivity contribution in [1.82, 2.24) is 0 Å². The van der Waals surface area contributed by atoms with Gasteiger partial charge >= 0.3 is 21.7 Å². The molecule has 0 saturated carbocycles. The van der Waals surface area contributed by atoms with Gasteiger partial charge in [0.25, 0.3) is 0 Å². The number of hydrogen-bond acceptors (Lipinski definition) is 0. The van der Waals surface area contributed by atoms with Crippen LogP contribution in [-0.4, -0.2) is 0 Å². The first kappa shape index (κ1) is 24.1. The summed E-state index contributed by atoms with van der Waals surface area (Å²) in [6.07, 6.45) is 0. The molecule has 0 fully saturated rings. The Labute approximate surface area is 120 Å². The quantitative estimate of drug-likeness (QED) is 0.287. The van der Waals surface area contributed by atoms with Crippen LogP contribution in [0.25, 0.3) is 0 Å². The van der Waals surface area contributed by atoms with Gasteiger partial charge in [-0.25, -0.2) is 24.3 Å². The maximum Gasteiger partial charge on any atom is 4.00 e. The van der Waals surface area contributed by atoms with Crippen LogP contribution in [0.15, 0.2) is 73.8 Å². The van der Waals surface area contributed by atoms with Gasteiger partial charge in [-0.15, -0.1) is 13.2 Å². The molecule has 2 aromatic carbocycles. The Hall–Kier alpha value is -0.266. The molecule has 0 saturated heterocycles. The molecule has 0 aromatic heterocycles. The molecule has 15 heavy (non-hydrogen) atoms. The van der Waals surface area contributed by atoms with Crippen LogP contribution in [0.4, 0.5) is 0 Å². The second kappa shape index (κ2) is 23.5. The van der Waals surface area contributed by atoms with Gasteiger partial charge in [-0.2, -0.15) is 36.4 Å². The van der Waals surface area contributed by atoms with E-state index in [2.05, 4.69) is 13.2 Å². The molecule has 3 heteroatoms. The van der Waals surface area contributed by atoms with Crippen LogP contribution in [0.5, 0.6) is 0 Å². The minimum absolute atomic E-state index is 0. The average molecular weight is 277 g/mol. The van der Waals surface area contributed by atoms with Gasteiger partial charge in [0.15, 0.2) is 0 Å². The standard InChI is InChI=1S/2C5H5.C2H4.2ClH.Ti/c2*1-2-4-5-3-1;1-2;;;/h2*1-5H;1-2H2;2*1H;/q2*-1;;;;+4/p-2. The molecule has 0 unspecified atom stereocenters. The predicted molar refractivity (Wildman–Crippen MR) is 55.3 cm³/mol.